The monoisotopic (exact) mass is 735 g/mol. The van der Waals surface area contributed by atoms with Gasteiger partial charge in [0.15, 0.2) is 0 Å². The topological polar surface area (TPSA) is 226 Å². The van der Waals surface area contributed by atoms with Crippen molar-refractivity contribution < 1.29 is 59.0 Å². The molecule has 0 aromatic heterocycles. The smallest absolute Gasteiger partial charge is 0.393 e. The predicted octanol–water partition coefficient (Wildman–Crippen LogP) is 3.85. The first kappa shape index (κ1) is 46.5. The summed E-state index contributed by atoms with van der Waals surface area (Å²) in [6, 6.07) is -1.26. The molecule has 0 aliphatic heterocycles. The highest BCUT2D eigenvalue weighted by molar-refractivity contribution is 7.47. The molecule has 0 heterocycles. The molecular formula is C36H66NO12P. The van der Waals surface area contributed by atoms with Crippen LogP contribution in [-0.2, 0) is 18.4 Å². The summed E-state index contributed by atoms with van der Waals surface area (Å²) >= 11 is 0. The fraction of sp³-hybridized carbons (Fsp3) is 0.806. The number of phosphoric ester groups is 1. The van der Waals surface area contributed by atoms with Gasteiger partial charge in [-0.25, -0.2) is 4.57 Å². The molecule has 1 rings (SSSR count). The van der Waals surface area contributed by atoms with Crippen molar-refractivity contribution in [2.45, 2.75) is 178 Å². The Morgan fingerprint density at radius 2 is 1.20 bits per heavy atom. The molecule has 13 nitrogen and oxygen atoms in total. The average molecular weight is 736 g/mol. The summed E-state index contributed by atoms with van der Waals surface area (Å²) in [5, 5.41) is 73.8. The van der Waals surface area contributed by atoms with Crippen LogP contribution >= 0.6 is 7.82 Å². The van der Waals surface area contributed by atoms with E-state index in [1.807, 2.05) is 0 Å². The van der Waals surface area contributed by atoms with Crippen LogP contribution in [0.1, 0.15) is 123 Å². The molecule has 1 amide bonds. The Hall–Kier alpha value is -1.48. The number of unbranched alkanes of at least 4 members (excludes halogenated alkanes) is 11. The second kappa shape index (κ2) is 27.2. The number of phosphoric acid groups is 1. The van der Waals surface area contributed by atoms with Crippen LogP contribution in [0.5, 0.6) is 0 Å². The Morgan fingerprint density at radius 1 is 0.700 bits per heavy atom. The van der Waals surface area contributed by atoms with Crippen molar-refractivity contribution in [3.8, 4) is 0 Å². The zero-order valence-electron chi connectivity index (χ0n) is 30.0. The maximum Gasteiger partial charge on any atom is 0.472 e. The van der Waals surface area contributed by atoms with Gasteiger partial charge in [-0.05, 0) is 51.4 Å². The standard InChI is InChI=1S/C36H66NO12P/c1-3-5-7-9-11-13-14-16-18-20-22-24-29(39)28(37-30(40)25-27(38)23-21-19-17-15-12-10-8-6-4-2)26-48-50(46,47)49-36-34(44)32(42)31(41)33(43)35(36)45/h10,12,14,16,22,24,27-29,31-36,38-39,41-45H,3-9,11,13,15,17-21,23,25-26H2,1-2H3,(H,37,40)(H,46,47)/b12-10-,16-14+,24-22+. The SMILES string of the molecule is CCCC/C=C\CCCCCC(O)CC(=O)NC(COP(=O)(O)OC1C(O)C(O)C(O)C(O)C1O)C(O)/C=C/CC/C=C/CCCCCCC. The van der Waals surface area contributed by atoms with Gasteiger partial charge in [0.25, 0.3) is 0 Å². The van der Waals surface area contributed by atoms with Crippen molar-refractivity contribution in [1.82, 2.24) is 5.32 Å². The molecule has 1 aliphatic rings. The normalized spacial score (nSPS) is 26.0. The molecule has 0 spiro atoms. The Morgan fingerprint density at radius 3 is 1.80 bits per heavy atom. The largest absolute Gasteiger partial charge is 0.472 e. The summed E-state index contributed by atoms with van der Waals surface area (Å²) in [6.45, 7) is 3.58. The van der Waals surface area contributed by atoms with E-state index >= 15 is 0 Å². The van der Waals surface area contributed by atoms with E-state index in [1.54, 1.807) is 6.08 Å². The molecule has 1 fully saturated rings. The van der Waals surface area contributed by atoms with Crippen molar-refractivity contribution in [1.29, 1.82) is 0 Å². The summed E-state index contributed by atoms with van der Waals surface area (Å²) in [5.41, 5.74) is 0. The van der Waals surface area contributed by atoms with E-state index in [1.165, 1.54) is 38.2 Å². The lowest BCUT2D eigenvalue weighted by molar-refractivity contribution is -0.220. The minimum absolute atomic E-state index is 0.265. The van der Waals surface area contributed by atoms with Crippen LogP contribution in [0, 0.1) is 0 Å². The summed E-state index contributed by atoms with van der Waals surface area (Å²) in [7, 11) is -5.14. The van der Waals surface area contributed by atoms with E-state index in [4.69, 9.17) is 9.05 Å². The number of hydrogen-bond acceptors (Lipinski definition) is 11. The molecule has 1 aliphatic carbocycles. The van der Waals surface area contributed by atoms with Gasteiger partial charge < -0.3 is 46.0 Å². The molecule has 8 atom stereocenters. The molecule has 9 N–H and O–H groups in total. The van der Waals surface area contributed by atoms with Crippen LogP contribution in [0.4, 0.5) is 0 Å². The number of amides is 1. The lowest BCUT2D eigenvalue weighted by Crippen LogP contribution is -2.64. The van der Waals surface area contributed by atoms with Crippen molar-refractivity contribution in [2.75, 3.05) is 6.61 Å². The first-order valence-corrected chi connectivity index (χ1v) is 20.0. The predicted molar refractivity (Wildman–Crippen MR) is 192 cm³/mol. The van der Waals surface area contributed by atoms with Crippen LogP contribution in [0.15, 0.2) is 36.5 Å². The maximum absolute atomic E-state index is 12.8. The fourth-order valence-corrected chi connectivity index (χ4v) is 6.49. The number of carbonyl (C=O) groups excluding carboxylic acids is 1. The molecule has 0 bridgehead atoms. The number of carbonyl (C=O) groups is 1. The summed E-state index contributed by atoms with van der Waals surface area (Å²) in [4.78, 5) is 23.2. The van der Waals surface area contributed by atoms with E-state index < -0.39 is 75.2 Å². The van der Waals surface area contributed by atoms with E-state index in [9.17, 15) is 50.0 Å². The van der Waals surface area contributed by atoms with E-state index in [-0.39, 0.29) is 6.42 Å². The summed E-state index contributed by atoms with van der Waals surface area (Å²) in [6.07, 6.45) is 12.8. The number of allylic oxidation sites excluding steroid dienone is 5. The number of nitrogens with one attached hydrogen (secondary N) is 1. The Balaban J connectivity index is 2.74. The zero-order chi connectivity index (χ0) is 37.4. The third kappa shape index (κ3) is 19.9. The second-order valence-electron chi connectivity index (χ2n) is 13.2. The van der Waals surface area contributed by atoms with E-state index in [0.29, 0.717) is 12.8 Å². The molecular weight excluding hydrogens is 669 g/mol. The first-order chi connectivity index (χ1) is 23.8. The molecule has 0 saturated heterocycles. The Labute approximate surface area is 298 Å². The van der Waals surface area contributed by atoms with Gasteiger partial charge in [0.1, 0.15) is 36.6 Å². The number of rotatable bonds is 28. The van der Waals surface area contributed by atoms with Gasteiger partial charge in [0, 0.05) is 0 Å². The lowest BCUT2D eigenvalue weighted by Gasteiger charge is -2.41. The summed E-state index contributed by atoms with van der Waals surface area (Å²) < 4.78 is 22.6. The van der Waals surface area contributed by atoms with Gasteiger partial charge in [0.2, 0.25) is 5.91 Å². The summed E-state index contributed by atoms with van der Waals surface area (Å²) in [5.74, 6) is -0.619. The van der Waals surface area contributed by atoms with Crippen LogP contribution in [0.25, 0.3) is 0 Å². The minimum Gasteiger partial charge on any atom is -0.393 e. The third-order valence-corrected chi connectivity index (χ3v) is 9.68. The van der Waals surface area contributed by atoms with E-state index in [2.05, 4.69) is 43.5 Å². The maximum atomic E-state index is 12.8. The van der Waals surface area contributed by atoms with Gasteiger partial charge in [-0.1, -0.05) is 102 Å². The van der Waals surface area contributed by atoms with Gasteiger partial charge in [-0.2, -0.15) is 0 Å². The van der Waals surface area contributed by atoms with Crippen molar-refractivity contribution in [3.05, 3.63) is 36.5 Å². The molecule has 50 heavy (non-hydrogen) atoms. The van der Waals surface area contributed by atoms with Gasteiger partial charge in [0.05, 0.1) is 31.3 Å². The highest BCUT2D eigenvalue weighted by atomic mass is 31.2. The fourth-order valence-electron chi connectivity index (χ4n) is 5.53. The van der Waals surface area contributed by atoms with Crippen LogP contribution < -0.4 is 5.32 Å². The average Bonchev–Trinajstić information content (AvgIpc) is 3.08. The van der Waals surface area contributed by atoms with Crippen molar-refractivity contribution >= 4 is 13.7 Å². The Bertz CT molecular complexity index is 1010. The highest BCUT2D eigenvalue weighted by Gasteiger charge is 2.51. The molecule has 0 aromatic carbocycles. The van der Waals surface area contributed by atoms with Crippen LogP contribution in [0.3, 0.4) is 0 Å². The third-order valence-electron chi connectivity index (χ3n) is 8.70. The number of hydrogen-bond donors (Lipinski definition) is 9. The van der Waals surface area contributed by atoms with Gasteiger partial charge in [-0.3, -0.25) is 13.8 Å². The van der Waals surface area contributed by atoms with Gasteiger partial charge >= 0.3 is 7.82 Å². The minimum atomic E-state index is -5.14. The van der Waals surface area contributed by atoms with Crippen molar-refractivity contribution in [3.63, 3.8) is 0 Å². The van der Waals surface area contributed by atoms with Crippen LogP contribution in [0.2, 0.25) is 0 Å². The zero-order valence-corrected chi connectivity index (χ0v) is 30.9. The Kier molecular flexibility index (Phi) is 25.3. The second-order valence-corrected chi connectivity index (χ2v) is 14.6. The van der Waals surface area contributed by atoms with E-state index in [0.717, 1.165) is 57.8 Å². The molecule has 0 aromatic rings. The quantitative estimate of drug-likeness (QED) is 0.0317. The molecule has 8 unspecified atom stereocenters. The van der Waals surface area contributed by atoms with Crippen LogP contribution in [-0.4, -0.2) is 108 Å². The number of aliphatic hydroxyl groups excluding tert-OH is 7. The molecule has 1 saturated carbocycles. The molecule has 14 heteroatoms. The molecule has 0 radical (unpaired) electrons. The lowest BCUT2D eigenvalue weighted by atomic mass is 9.85. The van der Waals surface area contributed by atoms with Crippen molar-refractivity contribution in [2.24, 2.45) is 0 Å². The van der Waals surface area contributed by atoms with Gasteiger partial charge in [-0.15, -0.1) is 0 Å². The molecule has 292 valence electrons. The number of aliphatic hydroxyl groups is 7. The first-order valence-electron chi connectivity index (χ1n) is 18.5. The highest BCUT2D eigenvalue weighted by Crippen LogP contribution is 2.47.